The van der Waals surface area contributed by atoms with Gasteiger partial charge in [-0.2, -0.15) is 4.31 Å². The molecule has 0 amide bonds. The molecule has 0 aliphatic heterocycles. The van der Waals surface area contributed by atoms with Crippen LogP contribution in [-0.2, 0) is 16.4 Å². The van der Waals surface area contributed by atoms with Gasteiger partial charge >= 0.3 is 0 Å². The number of benzene rings is 1. The Kier molecular flexibility index (Phi) is 7.44. The molecule has 2 rings (SSSR count). The van der Waals surface area contributed by atoms with Crippen LogP contribution in [0.25, 0.3) is 0 Å². The molecule has 122 valence electrons. The maximum atomic E-state index is 12.6. The third-order valence-electron chi connectivity index (χ3n) is 3.07. The first kappa shape index (κ1) is 19.1. The van der Waals surface area contributed by atoms with Crippen molar-refractivity contribution in [2.45, 2.75) is 17.6 Å². The van der Waals surface area contributed by atoms with Gasteiger partial charge in [0.1, 0.15) is 0 Å². The molecular formula is C14H20ClN3O2S2. The SMILES string of the molecule is Cc1ncc(S(=O)(=O)N(CCN)CCc2ccccc2)s1.Cl. The molecular weight excluding hydrogens is 342 g/mol. The van der Waals surface area contributed by atoms with E-state index in [1.165, 1.54) is 21.8 Å². The van der Waals surface area contributed by atoms with Gasteiger partial charge in [0.2, 0.25) is 0 Å². The first-order chi connectivity index (χ1) is 10.0. The minimum Gasteiger partial charge on any atom is -0.329 e. The van der Waals surface area contributed by atoms with E-state index >= 15 is 0 Å². The number of thiazole rings is 1. The van der Waals surface area contributed by atoms with Crippen LogP contribution in [-0.4, -0.2) is 37.3 Å². The number of rotatable bonds is 7. The van der Waals surface area contributed by atoms with Crippen LogP contribution >= 0.6 is 23.7 Å². The molecule has 8 heteroatoms. The molecule has 2 N–H and O–H groups in total. The first-order valence-electron chi connectivity index (χ1n) is 6.70. The van der Waals surface area contributed by atoms with Gasteiger partial charge in [0.25, 0.3) is 10.0 Å². The van der Waals surface area contributed by atoms with Crippen molar-refractivity contribution in [1.29, 1.82) is 0 Å². The number of aryl methyl sites for hydroxylation is 1. The number of sulfonamides is 1. The molecule has 0 unspecified atom stereocenters. The van der Waals surface area contributed by atoms with E-state index in [-0.39, 0.29) is 16.6 Å². The van der Waals surface area contributed by atoms with E-state index in [0.29, 0.717) is 26.1 Å². The quantitative estimate of drug-likeness (QED) is 0.819. The van der Waals surface area contributed by atoms with Crippen LogP contribution in [0.15, 0.2) is 40.7 Å². The lowest BCUT2D eigenvalue weighted by Gasteiger charge is -2.20. The predicted molar refractivity (Wildman–Crippen MR) is 92.1 cm³/mol. The van der Waals surface area contributed by atoms with Crippen LogP contribution in [0.1, 0.15) is 10.6 Å². The van der Waals surface area contributed by atoms with Crippen molar-refractivity contribution in [2.75, 3.05) is 19.6 Å². The maximum Gasteiger partial charge on any atom is 0.254 e. The third kappa shape index (κ3) is 4.76. The largest absolute Gasteiger partial charge is 0.329 e. The topological polar surface area (TPSA) is 76.3 Å². The second-order valence-corrected chi connectivity index (χ2v) is 8.03. The van der Waals surface area contributed by atoms with Gasteiger partial charge < -0.3 is 5.73 Å². The summed E-state index contributed by atoms with van der Waals surface area (Å²) < 4.78 is 26.9. The van der Waals surface area contributed by atoms with Crippen molar-refractivity contribution < 1.29 is 8.42 Å². The highest BCUT2D eigenvalue weighted by molar-refractivity contribution is 7.91. The number of nitrogens with zero attached hydrogens (tertiary/aromatic N) is 2. The first-order valence-corrected chi connectivity index (χ1v) is 8.96. The average Bonchev–Trinajstić information content (AvgIpc) is 2.92. The van der Waals surface area contributed by atoms with Crippen molar-refractivity contribution in [3.63, 3.8) is 0 Å². The third-order valence-corrected chi connectivity index (χ3v) is 6.31. The van der Waals surface area contributed by atoms with Crippen LogP contribution in [0.3, 0.4) is 0 Å². The molecule has 1 heterocycles. The Hall–Kier alpha value is -0.990. The van der Waals surface area contributed by atoms with E-state index in [1.807, 2.05) is 30.3 Å². The minimum absolute atomic E-state index is 0. The highest BCUT2D eigenvalue weighted by Crippen LogP contribution is 2.22. The smallest absolute Gasteiger partial charge is 0.254 e. The molecule has 5 nitrogen and oxygen atoms in total. The Morgan fingerprint density at radius 1 is 1.23 bits per heavy atom. The van der Waals surface area contributed by atoms with E-state index in [1.54, 1.807) is 6.92 Å². The monoisotopic (exact) mass is 361 g/mol. The van der Waals surface area contributed by atoms with Gasteiger partial charge in [0.05, 0.1) is 11.2 Å². The summed E-state index contributed by atoms with van der Waals surface area (Å²) in [4.78, 5) is 4.03. The Bertz CT molecular complexity index is 674. The van der Waals surface area contributed by atoms with Crippen LogP contribution in [0.4, 0.5) is 0 Å². The van der Waals surface area contributed by atoms with E-state index in [4.69, 9.17) is 5.73 Å². The lowest BCUT2D eigenvalue weighted by atomic mass is 10.1. The standard InChI is InChI=1S/C14H19N3O2S2.ClH/c1-12-16-11-14(20-12)21(18,19)17(10-8-15)9-7-13-5-3-2-4-6-13;/h2-6,11H,7-10,15H2,1H3;1H. The van der Waals surface area contributed by atoms with Crippen molar-refractivity contribution in [2.24, 2.45) is 5.73 Å². The van der Waals surface area contributed by atoms with Crippen LogP contribution in [0.5, 0.6) is 0 Å². The van der Waals surface area contributed by atoms with E-state index < -0.39 is 10.0 Å². The van der Waals surface area contributed by atoms with Gasteiger partial charge in [-0.15, -0.1) is 23.7 Å². The van der Waals surface area contributed by atoms with Gasteiger partial charge in [0, 0.05) is 19.6 Å². The lowest BCUT2D eigenvalue weighted by molar-refractivity contribution is 0.423. The molecule has 0 fully saturated rings. The van der Waals surface area contributed by atoms with Gasteiger partial charge in [-0.3, -0.25) is 0 Å². The normalized spacial score (nSPS) is 11.4. The van der Waals surface area contributed by atoms with Crippen molar-refractivity contribution in [1.82, 2.24) is 9.29 Å². The zero-order valence-corrected chi connectivity index (χ0v) is 14.8. The molecule has 0 saturated heterocycles. The molecule has 0 saturated carbocycles. The Balaban J connectivity index is 0.00000242. The average molecular weight is 362 g/mol. The van der Waals surface area contributed by atoms with E-state index in [0.717, 1.165) is 10.6 Å². The fraction of sp³-hybridized carbons (Fsp3) is 0.357. The second-order valence-electron chi connectivity index (χ2n) is 4.63. The molecule has 0 spiro atoms. The fourth-order valence-electron chi connectivity index (χ4n) is 1.98. The fourth-order valence-corrected chi connectivity index (χ4v) is 4.70. The highest BCUT2D eigenvalue weighted by atomic mass is 35.5. The number of hydrogen-bond donors (Lipinski definition) is 1. The second kappa shape index (κ2) is 8.59. The van der Waals surface area contributed by atoms with Crippen LogP contribution in [0, 0.1) is 6.92 Å². The molecule has 22 heavy (non-hydrogen) atoms. The molecule has 0 aliphatic carbocycles. The highest BCUT2D eigenvalue weighted by Gasteiger charge is 2.25. The van der Waals surface area contributed by atoms with Gasteiger partial charge in [-0.25, -0.2) is 13.4 Å². The minimum atomic E-state index is -3.50. The summed E-state index contributed by atoms with van der Waals surface area (Å²) in [6.07, 6.45) is 2.08. The summed E-state index contributed by atoms with van der Waals surface area (Å²) in [5, 5.41) is 0.740. The van der Waals surface area contributed by atoms with E-state index in [2.05, 4.69) is 4.98 Å². The Morgan fingerprint density at radius 3 is 2.45 bits per heavy atom. The number of halogens is 1. The summed E-state index contributed by atoms with van der Waals surface area (Å²) in [5.74, 6) is 0. The lowest BCUT2D eigenvalue weighted by Crippen LogP contribution is -2.36. The van der Waals surface area contributed by atoms with Crippen LogP contribution < -0.4 is 5.73 Å². The maximum absolute atomic E-state index is 12.6. The predicted octanol–water partition coefficient (Wildman–Crippen LogP) is 2.07. The van der Waals surface area contributed by atoms with Crippen molar-refractivity contribution >= 4 is 33.8 Å². The number of nitrogens with two attached hydrogens (primary N) is 1. The summed E-state index contributed by atoms with van der Waals surface area (Å²) in [5.41, 5.74) is 6.67. The molecule has 1 aromatic heterocycles. The van der Waals surface area contributed by atoms with Crippen molar-refractivity contribution in [3.05, 3.63) is 47.1 Å². The van der Waals surface area contributed by atoms with Gasteiger partial charge in [0.15, 0.2) is 4.21 Å². The summed E-state index contributed by atoms with van der Waals surface area (Å²) in [7, 11) is -3.50. The van der Waals surface area contributed by atoms with Gasteiger partial charge in [-0.05, 0) is 18.9 Å². The summed E-state index contributed by atoms with van der Waals surface area (Å²) in [6.45, 7) is 2.82. The number of aromatic nitrogens is 1. The number of hydrogen-bond acceptors (Lipinski definition) is 5. The Morgan fingerprint density at radius 2 is 1.91 bits per heavy atom. The summed E-state index contributed by atoms with van der Waals surface area (Å²) >= 11 is 1.19. The van der Waals surface area contributed by atoms with Gasteiger partial charge in [-0.1, -0.05) is 30.3 Å². The Labute approximate surface area is 141 Å². The van der Waals surface area contributed by atoms with Crippen LogP contribution in [0.2, 0.25) is 0 Å². The molecule has 1 aromatic carbocycles. The van der Waals surface area contributed by atoms with E-state index in [9.17, 15) is 8.42 Å². The zero-order chi connectivity index (χ0) is 15.3. The molecule has 0 bridgehead atoms. The van der Waals surface area contributed by atoms with Crippen molar-refractivity contribution in [3.8, 4) is 0 Å². The molecule has 2 aromatic rings. The molecule has 0 radical (unpaired) electrons. The summed E-state index contributed by atoms with van der Waals surface area (Å²) in [6, 6.07) is 9.82. The molecule has 0 aliphatic rings. The zero-order valence-electron chi connectivity index (χ0n) is 12.3. The molecule has 0 atom stereocenters.